The van der Waals surface area contributed by atoms with Crippen LogP contribution in [0.5, 0.6) is 0 Å². The summed E-state index contributed by atoms with van der Waals surface area (Å²) in [6, 6.07) is 0.256. The number of carbonyl (C=O) groups is 1. The second kappa shape index (κ2) is 5.32. The van der Waals surface area contributed by atoms with E-state index in [1.807, 2.05) is 18.9 Å². The number of carbonyl (C=O) groups excluding carboxylic acids is 1. The molecule has 0 aromatic rings. The summed E-state index contributed by atoms with van der Waals surface area (Å²) in [7, 11) is 3.89. The lowest BCUT2D eigenvalue weighted by molar-refractivity contribution is 0.0938. The Morgan fingerprint density at radius 3 is 2.73 bits per heavy atom. The Bertz CT molecular complexity index is 221. The second-order valence-corrected chi connectivity index (χ2v) is 4.14. The number of nitrogens with zero attached hydrogens (tertiary/aromatic N) is 3. The molecule has 2 N–H and O–H groups in total. The van der Waals surface area contributed by atoms with E-state index in [0.717, 1.165) is 26.2 Å². The number of piperazine rings is 1. The van der Waals surface area contributed by atoms with Gasteiger partial charge in [-0.2, -0.15) is 0 Å². The zero-order valence-corrected chi connectivity index (χ0v) is 9.94. The molecule has 0 radical (unpaired) electrons. The van der Waals surface area contributed by atoms with E-state index in [0.29, 0.717) is 6.54 Å². The highest BCUT2D eigenvalue weighted by atomic mass is 16.2. The first kappa shape index (κ1) is 12.3. The molecule has 15 heavy (non-hydrogen) atoms. The highest BCUT2D eigenvalue weighted by molar-refractivity contribution is 5.74. The lowest BCUT2D eigenvalue weighted by atomic mass is 10.2. The van der Waals surface area contributed by atoms with E-state index in [4.69, 9.17) is 5.73 Å². The molecule has 1 rings (SSSR count). The highest BCUT2D eigenvalue weighted by Crippen LogP contribution is 2.09. The first-order valence-corrected chi connectivity index (χ1v) is 5.50. The van der Waals surface area contributed by atoms with Crippen molar-refractivity contribution in [3.63, 3.8) is 0 Å². The summed E-state index contributed by atoms with van der Waals surface area (Å²) in [6.45, 7) is 5.84. The quantitative estimate of drug-likeness (QED) is 0.682. The number of hydrogen-bond donors (Lipinski definition) is 1. The molecule has 5 heteroatoms. The molecule has 1 aliphatic heterocycles. The van der Waals surface area contributed by atoms with Gasteiger partial charge in [-0.3, -0.25) is 0 Å². The Morgan fingerprint density at radius 2 is 2.20 bits per heavy atom. The average Bonchev–Trinajstić information content (AvgIpc) is 2.26. The van der Waals surface area contributed by atoms with Crippen molar-refractivity contribution in [1.29, 1.82) is 0 Å². The van der Waals surface area contributed by atoms with Gasteiger partial charge in [-0.1, -0.05) is 0 Å². The number of amides is 2. The summed E-state index contributed by atoms with van der Waals surface area (Å²) >= 11 is 0. The van der Waals surface area contributed by atoms with Crippen molar-refractivity contribution in [3.8, 4) is 0 Å². The van der Waals surface area contributed by atoms with Gasteiger partial charge >= 0.3 is 6.03 Å². The van der Waals surface area contributed by atoms with Gasteiger partial charge in [-0.25, -0.2) is 4.79 Å². The number of urea groups is 1. The summed E-state index contributed by atoms with van der Waals surface area (Å²) in [5.74, 6) is 0. The fourth-order valence-electron chi connectivity index (χ4n) is 1.82. The fourth-order valence-corrected chi connectivity index (χ4v) is 1.82. The number of nitrogens with two attached hydrogens (primary N) is 1. The molecule has 0 aliphatic carbocycles. The Labute approximate surface area is 91.8 Å². The molecule has 0 spiro atoms. The van der Waals surface area contributed by atoms with Crippen LogP contribution in [-0.4, -0.2) is 73.6 Å². The van der Waals surface area contributed by atoms with Crippen LogP contribution in [0.4, 0.5) is 4.79 Å². The third-order valence-corrected chi connectivity index (χ3v) is 3.00. The van der Waals surface area contributed by atoms with Gasteiger partial charge in [0.1, 0.15) is 0 Å². The molecule has 1 unspecified atom stereocenters. The van der Waals surface area contributed by atoms with Crippen LogP contribution in [0.25, 0.3) is 0 Å². The van der Waals surface area contributed by atoms with Gasteiger partial charge in [0, 0.05) is 39.8 Å². The van der Waals surface area contributed by atoms with Crippen molar-refractivity contribution in [2.75, 3.05) is 46.8 Å². The van der Waals surface area contributed by atoms with Crippen LogP contribution in [0, 0.1) is 0 Å². The van der Waals surface area contributed by atoms with E-state index in [-0.39, 0.29) is 12.1 Å². The van der Waals surface area contributed by atoms with Crippen LogP contribution in [-0.2, 0) is 0 Å². The van der Waals surface area contributed by atoms with Crippen molar-refractivity contribution < 1.29 is 4.79 Å². The van der Waals surface area contributed by atoms with Gasteiger partial charge < -0.3 is 20.4 Å². The molecule has 1 fully saturated rings. The molecular weight excluding hydrogens is 192 g/mol. The molecule has 1 atom stereocenters. The van der Waals surface area contributed by atoms with Gasteiger partial charge in [-0.05, 0) is 14.0 Å². The number of likely N-dealkylation sites (N-methyl/N-ethyl adjacent to an activating group) is 1. The van der Waals surface area contributed by atoms with Crippen molar-refractivity contribution in [2.45, 2.75) is 13.0 Å². The smallest absolute Gasteiger partial charge is 0.320 e. The van der Waals surface area contributed by atoms with E-state index in [9.17, 15) is 4.79 Å². The molecule has 1 heterocycles. The van der Waals surface area contributed by atoms with E-state index in [2.05, 4.69) is 11.9 Å². The third-order valence-electron chi connectivity index (χ3n) is 3.00. The van der Waals surface area contributed by atoms with Crippen LogP contribution in [0.15, 0.2) is 0 Å². The summed E-state index contributed by atoms with van der Waals surface area (Å²) in [5, 5.41) is 0. The standard InChI is InChI=1S/C10H22N4O/c1-4-13(3)10(15)14-6-5-12(2)8-9(14)7-11/h9H,4-8,11H2,1-3H3. The van der Waals surface area contributed by atoms with E-state index in [1.54, 1.807) is 4.90 Å². The average molecular weight is 214 g/mol. The fraction of sp³-hybridized carbons (Fsp3) is 0.900. The molecule has 1 saturated heterocycles. The summed E-state index contributed by atoms with van der Waals surface area (Å²) < 4.78 is 0. The van der Waals surface area contributed by atoms with Gasteiger partial charge in [0.25, 0.3) is 0 Å². The predicted octanol–water partition coefficient (Wildman–Crippen LogP) is -0.367. The summed E-state index contributed by atoms with van der Waals surface area (Å²) in [4.78, 5) is 17.8. The van der Waals surface area contributed by atoms with Crippen molar-refractivity contribution in [3.05, 3.63) is 0 Å². The van der Waals surface area contributed by atoms with E-state index >= 15 is 0 Å². The predicted molar refractivity (Wildman–Crippen MR) is 60.7 cm³/mol. The largest absolute Gasteiger partial charge is 0.328 e. The molecule has 0 saturated carbocycles. The molecule has 2 amide bonds. The van der Waals surface area contributed by atoms with Crippen LogP contribution in [0.2, 0.25) is 0 Å². The summed E-state index contributed by atoms with van der Waals surface area (Å²) in [6.07, 6.45) is 0. The second-order valence-electron chi connectivity index (χ2n) is 4.14. The number of hydrogen-bond acceptors (Lipinski definition) is 3. The highest BCUT2D eigenvalue weighted by Gasteiger charge is 2.29. The molecular formula is C10H22N4O. The molecule has 0 aromatic heterocycles. The normalized spacial score (nSPS) is 22.9. The Hall–Kier alpha value is -0.810. The van der Waals surface area contributed by atoms with Crippen molar-refractivity contribution in [2.24, 2.45) is 5.73 Å². The van der Waals surface area contributed by atoms with Gasteiger partial charge in [0.05, 0.1) is 6.04 Å². The van der Waals surface area contributed by atoms with Gasteiger partial charge in [0.15, 0.2) is 0 Å². The van der Waals surface area contributed by atoms with Crippen LogP contribution >= 0.6 is 0 Å². The maximum absolute atomic E-state index is 12.0. The van der Waals surface area contributed by atoms with E-state index in [1.165, 1.54) is 0 Å². The zero-order valence-electron chi connectivity index (χ0n) is 9.94. The lowest BCUT2D eigenvalue weighted by Gasteiger charge is -2.41. The number of rotatable bonds is 2. The van der Waals surface area contributed by atoms with Crippen molar-refractivity contribution in [1.82, 2.24) is 14.7 Å². The maximum Gasteiger partial charge on any atom is 0.320 e. The molecule has 0 aromatic carbocycles. The SMILES string of the molecule is CCN(C)C(=O)N1CCN(C)CC1CN. The lowest BCUT2D eigenvalue weighted by Crippen LogP contribution is -2.59. The summed E-state index contributed by atoms with van der Waals surface area (Å²) in [5.41, 5.74) is 5.70. The maximum atomic E-state index is 12.0. The third kappa shape index (κ3) is 2.82. The first-order chi connectivity index (χ1) is 7.10. The van der Waals surface area contributed by atoms with Crippen LogP contribution < -0.4 is 5.73 Å². The minimum Gasteiger partial charge on any atom is -0.328 e. The topological polar surface area (TPSA) is 52.8 Å². The Kier molecular flexibility index (Phi) is 4.35. The molecule has 1 aliphatic rings. The minimum absolute atomic E-state index is 0.0982. The monoisotopic (exact) mass is 214 g/mol. The Balaban J connectivity index is 2.63. The first-order valence-electron chi connectivity index (χ1n) is 5.50. The van der Waals surface area contributed by atoms with Gasteiger partial charge in [-0.15, -0.1) is 0 Å². The van der Waals surface area contributed by atoms with E-state index < -0.39 is 0 Å². The molecule has 88 valence electrons. The van der Waals surface area contributed by atoms with Crippen molar-refractivity contribution >= 4 is 6.03 Å². The molecule has 5 nitrogen and oxygen atoms in total. The Morgan fingerprint density at radius 1 is 1.53 bits per heavy atom. The van der Waals surface area contributed by atoms with Crippen LogP contribution in [0.3, 0.4) is 0 Å². The minimum atomic E-state index is 0.0982. The zero-order chi connectivity index (χ0) is 11.4. The molecule has 0 bridgehead atoms. The van der Waals surface area contributed by atoms with Gasteiger partial charge in [0.2, 0.25) is 0 Å². The van der Waals surface area contributed by atoms with Crippen LogP contribution in [0.1, 0.15) is 6.92 Å².